The average molecular weight is 317 g/mol. The highest BCUT2D eigenvalue weighted by Crippen LogP contribution is 2.24. The van der Waals surface area contributed by atoms with Gasteiger partial charge in [0.1, 0.15) is 0 Å². The van der Waals surface area contributed by atoms with Gasteiger partial charge in [0.05, 0.1) is 0 Å². The summed E-state index contributed by atoms with van der Waals surface area (Å²) in [5.74, 6) is 0.0780. The predicted octanol–water partition coefficient (Wildman–Crippen LogP) is 3.48. The van der Waals surface area contributed by atoms with Crippen molar-refractivity contribution >= 4 is 24.0 Å². The Labute approximate surface area is 137 Å². The maximum Gasteiger partial charge on any atom is 0.258 e. The van der Waals surface area contributed by atoms with Gasteiger partial charge in [-0.1, -0.05) is 24.3 Å². The molecule has 0 spiro atoms. The molecule has 3 rings (SSSR count). The molecule has 1 heterocycles. The van der Waals surface area contributed by atoms with Gasteiger partial charge in [-0.25, -0.2) is 0 Å². The zero-order valence-corrected chi connectivity index (χ0v) is 13.7. The molecular weight excluding hydrogens is 296 g/mol. The van der Waals surface area contributed by atoms with Gasteiger partial charge in [0.15, 0.2) is 0 Å². The van der Waals surface area contributed by atoms with Crippen LogP contribution in [0.1, 0.15) is 27.0 Å². The zero-order chi connectivity index (χ0) is 14.8. The Hall–Kier alpha value is -1.84. The monoisotopic (exact) mass is 316 g/mol. The number of para-hydroxylation sites is 1. The van der Waals surface area contributed by atoms with Gasteiger partial charge < -0.3 is 10.2 Å². The first-order chi connectivity index (χ1) is 10.2. The van der Waals surface area contributed by atoms with Crippen molar-refractivity contribution in [1.29, 1.82) is 0 Å². The first kappa shape index (κ1) is 16.5. The number of rotatable bonds is 1. The van der Waals surface area contributed by atoms with E-state index in [4.69, 9.17) is 0 Å². The molecule has 1 amide bonds. The lowest BCUT2D eigenvalue weighted by molar-refractivity contribution is 0.0987. The van der Waals surface area contributed by atoms with E-state index in [1.54, 1.807) is 0 Å². The summed E-state index contributed by atoms with van der Waals surface area (Å²) in [6, 6.07) is 14.0. The third kappa shape index (κ3) is 3.16. The number of aryl methyl sites for hydroxylation is 2. The van der Waals surface area contributed by atoms with E-state index in [1.807, 2.05) is 48.2 Å². The van der Waals surface area contributed by atoms with Crippen LogP contribution in [0.15, 0.2) is 42.5 Å². The maximum atomic E-state index is 12.9. The highest BCUT2D eigenvalue weighted by Gasteiger charge is 2.21. The van der Waals surface area contributed by atoms with Crippen LogP contribution in [0, 0.1) is 13.8 Å². The van der Waals surface area contributed by atoms with Crippen LogP contribution < -0.4 is 10.2 Å². The Balaban J connectivity index is 0.00000176. The highest BCUT2D eigenvalue weighted by molar-refractivity contribution is 6.06. The molecule has 116 valence electrons. The predicted molar refractivity (Wildman–Crippen MR) is 93.0 cm³/mol. The average Bonchev–Trinajstić information content (AvgIpc) is 2.71. The van der Waals surface area contributed by atoms with Crippen molar-refractivity contribution in [3.63, 3.8) is 0 Å². The summed E-state index contributed by atoms with van der Waals surface area (Å²) in [6.45, 7) is 6.43. The van der Waals surface area contributed by atoms with E-state index in [0.717, 1.165) is 29.9 Å². The van der Waals surface area contributed by atoms with Crippen molar-refractivity contribution in [2.75, 3.05) is 18.0 Å². The van der Waals surface area contributed by atoms with Crippen LogP contribution in [0.3, 0.4) is 0 Å². The van der Waals surface area contributed by atoms with E-state index in [2.05, 4.69) is 18.3 Å². The molecule has 22 heavy (non-hydrogen) atoms. The van der Waals surface area contributed by atoms with Crippen LogP contribution in [0.4, 0.5) is 5.69 Å². The van der Waals surface area contributed by atoms with Gasteiger partial charge in [-0.05, 0) is 48.7 Å². The van der Waals surface area contributed by atoms with Crippen LogP contribution >= 0.6 is 12.4 Å². The van der Waals surface area contributed by atoms with E-state index in [1.165, 1.54) is 11.1 Å². The second-order valence-corrected chi connectivity index (χ2v) is 5.56. The summed E-state index contributed by atoms with van der Waals surface area (Å²) in [7, 11) is 0. The number of anilines is 1. The molecule has 0 aliphatic carbocycles. The minimum absolute atomic E-state index is 0. The van der Waals surface area contributed by atoms with Crippen molar-refractivity contribution < 1.29 is 4.79 Å². The van der Waals surface area contributed by atoms with E-state index >= 15 is 0 Å². The minimum atomic E-state index is 0. The minimum Gasteiger partial charge on any atom is -0.311 e. The van der Waals surface area contributed by atoms with Crippen LogP contribution in [0.2, 0.25) is 0 Å². The van der Waals surface area contributed by atoms with E-state index in [0.29, 0.717) is 6.54 Å². The fourth-order valence-corrected chi connectivity index (χ4v) is 2.70. The van der Waals surface area contributed by atoms with Crippen molar-refractivity contribution in [2.45, 2.75) is 20.4 Å². The Kier molecular flexibility index (Phi) is 5.22. The number of nitrogens with one attached hydrogen (secondary N) is 1. The van der Waals surface area contributed by atoms with Gasteiger partial charge in [0, 0.05) is 30.9 Å². The number of carbonyl (C=O) groups excluding carboxylic acids is 1. The molecule has 3 nitrogen and oxygen atoms in total. The number of hydrogen-bond acceptors (Lipinski definition) is 2. The molecule has 1 aliphatic heterocycles. The van der Waals surface area contributed by atoms with Gasteiger partial charge in [-0.3, -0.25) is 4.79 Å². The topological polar surface area (TPSA) is 32.3 Å². The van der Waals surface area contributed by atoms with Gasteiger partial charge >= 0.3 is 0 Å². The third-order valence-electron chi connectivity index (χ3n) is 4.11. The standard InChI is InChI=1S/C18H20N2O.ClH/c1-13-7-8-15(11-14(13)2)18(21)20-10-9-19-12-16-5-3-4-6-17(16)20;/h3-8,11,19H,9-10,12H2,1-2H3;1H. The quantitative estimate of drug-likeness (QED) is 0.873. The van der Waals surface area contributed by atoms with Crippen LogP contribution in [0.25, 0.3) is 0 Å². The normalized spacial score (nSPS) is 13.8. The Morgan fingerprint density at radius 3 is 2.64 bits per heavy atom. The van der Waals surface area contributed by atoms with E-state index < -0.39 is 0 Å². The van der Waals surface area contributed by atoms with Crippen molar-refractivity contribution in [3.05, 3.63) is 64.7 Å². The molecule has 0 saturated carbocycles. The molecule has 0 atom stereocenters. The molecule has 0 saturated heterocycles. The smallest absolute Gasteiger partial charge is 0.258 e. The Bertz CT molecular complexity index is 685. The zero-order valence-electron chi connectivity index (χ0n) is 12.9. The molecule has 2 aromatic carbocycles. The molecule has 0 bridgehead atoms. The first-order valence-electron chi connectivity index (χ1n) is 7.34. The van der Waals surface area contributed by atoms with E-state index in [9.17, 15) is 4.79 Å². The second kappa shape index (κ2) is 6.95. The summed E-state index contributed by atoms with van der Waals surface area (Å²) >= 11 is 0. The summed E-state index contributed by atoms with van der Waals surface area (Å²) in [5, 5.41) is 3.37. The van der Waals surface area contributed by atoms with Gasteiger partial charge in [0.2, 0.25) is 0 Å². The fourth-order valence-electron chi connectivity index (χ4n) is 2.70. The molecule has 1 N–H and O–H groups in total. The molecule has 2 aromatic rings. The molecule has 1 aliphatic rings. The Morgan fingerprint density at radius 2 is 1.86 bits per heavy atom. The third-order valence-corrected chi connectivity index (χ3v) is 4.11. The number of hydrogen-bond donors (Lipinski definition) is 1. The van der Waals surface area contributed by atoms with Crippen LogP contribution in [-0.4, -0.2) is 19.0 Å². The number of carbonyl (C=O) groups is 1. The number of nitrogens with zero attached hydrogens (tertiary/aromatic N) is 1. The summed E-state index contributed by atoms with van der Waals surface area (Å²) in [6.07, 6.45) is 0. The van der Waals surface area contributed by atoms with E-state index in [-0.39, 0.29) is 18.3 Å². The summed E-state index contributed by atoms with van der Waals surface area (Å²) < 4.78 is 0. The van der Waals surface area contributed by atoms with Crippen LogP contribution in [-0.2, 0) is 6.54 Å². The highest BCUT2D eigenvalue weighted by atomic mass is 35.5. The molecule has 0 radical (unpaired) electrons. The summed E-state index contributed by atoms with van der Waals surface area (Å²) in [4.78, 5) is 14.8. The second-order valence-electron chi connectivity index (χ2n) is 5.56. The molecule has 0 fully saturated rings. The lowest BCUT2D eigenvalue weighted by atomic mass is 10.0. The Morgan fingerprint density at radius 1 is 1.09 bits per heavy atom. The van der Waals surface area contributed by atoms with Gasteiger partial charge in [-0.15, -0.1) is 12.4 Å². The van der Waals surface area contributed by atoms with Crippen LogP contribution in [0.5, 0.6) is 0 Å². The lowest BCUT2D eigenvalue weighted by Gasteiger charge is -2.23. The number of amides is 1. The summed E-state index contributed by atoms with van der Waals surface area (Å²) in [5.41, 5.74) is 5.32. The molecular formula is C18H21ClN2O. The first-order valence-corrected chi connectivity index (χ1v) is 7.34. The maximum absolute atomic E-state index is 12.9. The fraction of sp³-hybridized carbons (Fsp3) is 0.278. The van der Waals surface area contributed by atoms with Gasteiger partial charge in [-0.2, -0.15) is 0 Å². The van der Waals surface area contributed by atoms with Crippen molar-refractivity contribution in [3.8, 4) is 0 Å². The van der Waals surface area contributed by atoms with Crippen molar-refractivity contribution in [2.24, 2.45) is 0 Å². The SMILES string of the molecule is Cc1ccc(C(=O)N2CCNCc3ccccc32)cc1C.Cl. The molecule has 0 unspecified atom stereocenters. The van der Waals surface area contributed by atoms with Gasteiger partial charge in [0.25, 0.3) is 5.91 Å². The molecule has 4 heteroatoms. The van der Waals surface area contributed by atoms with Crippen molar-refractivity contribution in [1.82, 2.24) is 5.32 Å². The largest absolute Gasteiger partial charge is 0.311 e. The number of fused-ring (bicyclic) bond motifs is 1. The number of benzene rings is 2. The number of halogens is 1. The molecule has 0 aromatic heterocycles. The lowest BCUT2D eigenvalue weighted by Crippen LogP contribution is -2.34.